The highest BCUT2D eigenvalue weighted by atomic mass is 32.1. The Kier molecular flexibility index (Phi) is 5.78. The molecule has 1 fully saturated rings. The fourth-order valence-electron chi connectivity index (χ4n) is 3.03. The van der Waals surface area contributed by atoms with Crippen LogP contribution in [0.3, 0.4) is 0 Å². The van der Waals surface area contributed by atoms with Gasteiger partial charge >= 0.3 is 0 Å². The zero-order valence-electron chi connectivity index (χ0n) is 14.9. The van der Waals surface area contributed by atoms with E-state index in [1.54, 1.807) is 48.7 Å². The van der Waals surface area contributed by atoms with Crippen molar-refractivity contribution in [3.63, 3.8) is 0 Å². The van der Waals surface area contributed by atoms with Crippen LogP contribution in [0.1, 0.15) is 11.3 Å². The average Bonchev–Trinajstić information content (AvgIpc) is 3.30. The summed E-state index contributed by atoms with van der Waals surface area (Å²) in [4.78, 5) is 27.7. The van der Waals surface area contributed by atoms with Gasteiger partial charge in [0, 0.05) is 30.5 Å². The van der Waals surface area contributed by atoms with Gasteiger partial charge < -0.3 is 19.7 Å². The molecule has 0 aliphatic carbocycles. The molecule has 0 spiro atoms. The first kappa shape index (κ1) is 18.3. The second-order valence-corrected chi connectivity index (χ2v) is 7.10. The number of hydrogen-bond acceptors (Lipinski definition) is 5. The Balaban J connectivity index is 1.62. The molecule has 7 heteroatoms. The Morgan fingerprint density at radius 1 is 1.31 bits per heavy atom. The van der Waals surface area contributed by atoms with Crippen LogP contribution in [-0.4, -0.2) is 39.1 Å². The molecule has 0 radical (unpaired) electrons. The summed E-state index contributed by atoms with van der Waals surface area (Å²) in [5.74, 6) is 0.700. The van der Waals surface area contributed by atoms with Gasteiger partial charge in [-0.3, -0.25) is 9.59 Å². The van der Waals surface area contributed by atoms with Gasteiger partial charge in [-0.05, 0) is 30.0 Å². The van der Waals surface area contributed by atoms with Gasteiger partial charge in [0.15, 0.2) is 0 Å². The van der Waals surface area contributed by atoms with E-state index in [2.05, 4.69) is 5.32 Å². The molecule has 3 rings (SSSR count). The molecule has 2 heterocycles. The summed E-state index contributed by atoms with van der Waals surface area (Å²) in [6.07, 6.45) is 1.01. The van der Waals surface area contributed by atoms with Gasteiger partial charge in [-0.2, -0.15) is 0 Å². The van der Waals surface area contributed by atoms with Crippen molar-refractivity contribution in [2.75, 3.05) is 32.2 Å². The summed E-state index contributed by atoms with van der Waals surface area (Å²) in [6, 6.07) is 9.34. The molecule has 1 saturated heterocycles. The molecule has 6 nitrogen and oxygen atoms in total. The summed E-state index contributed by atoms with van der Waals surface area (Å²) in [6.45, 7) is 0.933. The topological polar surface area (TPSA) is 67.9 Å². The monoisotopic (exact) mass is 374 g/mol. The van der Waals surface area contributed by atoms with Crippen LogP contribution in [-0.2, 0) is 16.0 Å². The summed E-state index contributed by atoms with van der Waals surface area (Å²) < 4.78 is 10.6. The van der Waals surface area contributed by atoms with Gasteiger partial charge in [-0.1, -0.05) is 6.07 Å². The van der Waals surface area contributed by atoms with E-state index in [9.17, 15) is 9.59 Å². The van der Waals surface area contributed by atoms with E-state index in [0.29, 0.717) is 30.3 Å². The first-order valence-corrected chi connectivity index (χ1v) is 9.33. The summed E-state index contributed by atoms with van der Waals surface area (Å²) in [5.41, 5.74) is 0.659. The highest BCUT2D eigenvalue weighted by molar-refractivity contribution is 7.09. The lowest BCUT2D eigenvalue weighted by molar-refractivity contribution is -0.126. The molecule has 138 valence electrons. The third-order valence-corrected chi connectivity index (χ3v) is 5.36. The van der Waals surface area contributed by atoms with Crippen LogP contribution in [0.4, 0.5) is 5.69 Å². The number of anilines is 1. The number of ether oxygens (including phenoxy) is 2. The molecule has 2 aromatic rings. The number of hydrogen-bond donors (Lipinski definition) is 1. The van der Waals surface area contributed by atoms with E-state index in [-0.39, 0.29) is 24.2 Å². The van der Waals surface area contributed by atoms with E-state index >= 15 is 0 Å². The third kappa shape index (κ3) is 3.99. The van der Waals surface area contributed by atoms with Gasteiger partial charge in [0.2, 0.25) is 11.8 Å². The molecule has 1 aromatic heterocycles. The van der Waals surface area contributed by atoms with E-state index in [0.717, 1.165) is 6.42 Å². The largest absolute Gasteiger partial charge is 0.497 e. The van der Waals surface area contributed by atoms with Gasteiger partial charge in [0.25, 0.3) is 0 Å². The van der Waals surface area contributed by atoms with Crippen molar-refractivity contribution in [3.8, 4) is 11.5 Å². The van der Waals surface area contributed by atoms with Crippen molar-refractivity contribution < 1.29 is 19.1 Å². The van der Waals surface area contributed by atoms with E-state index in [4.69, 9.17) is 9.47 Å². The molecular weight excluding hydrogens is 352 g/mol. The fraction of sp³-hybridized carbons (Fsp3) is 0.368. The lowest BCUT2D eigenvalue weighted by Gasteiger charge is -2.20. The smallest absolute Gasteiger partial charge is 0.227 e. The lowest BCUT2D eigenvalue weighted by Crippen LogP contribution is -2.34. The Bertz CT molecular complexity index is 776. The van der Waals surface area contributed by atoms with Gasteiger partial charge in [0.1, 0.15) is 11.5 Å². The molecule has 1 aliphatic rings. The summed E-state index contributed by atoms with van der Waals surface area (Å²) in [7, 11) is 3.12. The van der Waals surface area contributed by atoms with Crippen LogP contribution in [0.5, 0.6) is 11.5 Å². The average molecular weight is 374 g/mol. The number of nitrogens with one attached hydrogen (secondary N) is 1. The van der Waals surface area contributed by atoms with E-state index < -0.39 is 0 Å². The Morgan fingerprint density at radius 3 is 2.85 bits per heavy atom. The minimum atomic E-state index is -0.349. The maximum Gasteiger partial charge on any atom is 0.227 e. The summed E-state index contributed by atoms with van der Waals surface area (Å²) >= 11 is 1.67. The minimum absolute atomic E-state index is 0.0770. The second kappa shape index (κ2) is 8.23. The van der Waals surface area contributed by atoms with Gasteiger partial charge in [-0.25, -0.2) is 0 Å². The molecule has 1 unspecified atom stereocenters. The van der Waals surface area contributed by atoms with Crippen LogP contribution < -0.4 is 19.7 Å². The maximum atomic E-state index is 12.4. The van der Waals surface area contributed by atoms with Crippen molar-refractivity contribution in [2.45, 2.75) is 12.8 Å². The standard InChI is InChI=1S/C19H22N2O4S/c1-24-14-5-6-16(17(11-14)25-2)21-12-13(10-18(21)22)19(23)20-8-7-15-4-3-9-26-15/h3-6,9,11,13H,7-8,10,12H2,1-2H3,(H,20,23). The Hall–Kier alpha value is -2.54. The fourth-order valence-corrected chi connectivity index (χ4v) is 3.74. The van der Waals surface area contributed by atoms with Crippen LogP contribution in [0.2, 0.25) is 0 Å². The van der Waals surface area contributed by atoms with Crippen molar-refractivity contribution >= 4 is 28.8 Å². The zero-order valence-corrected chi connectivity index (χ0v) is 15.7. The second-order valence-electron chi connectivity index (χ2n) is 6.06. The molecule has 2 amide bonds. The number of amides is 2. The quantitative estimate of drug-likeness (QED) is 0.808. The highest BCUT2D eigenvalue weighted by Crippen LogP contribution is 2.35. The molecule has 1 N–H and O–H groups in total. The SMILES string of the molecule is COc1ccc(N2CC(C(=O)NCCc3cccs3)CC2=O)c(OC)c1. The molecular formula is C19H22N2O4S. The lowest BCUT2D eigenvalue weighted by atomic mass is 10.1. The predicted molar refractivity (Wildman–Crippen MR) is 101 cm³/mol. The Labute approximate surface area is 156 Å². The first-order chi connectivity index (χ1) is 12.6. The van der Waals surface area contributed by atoms with Crippen LogP contribution >= 0.6 is 11.3 Å². The van der Waals surface area contributed by atoms with Crippen molar-refractivity contribution in [3.05, 3.63) is 40.6 Å². The maximum absolute atomic E-state index is 12.4. The number of carbonyl (C=O) groups excluding carboxylic acids is 2. The van der Waals surface area contributed by atoms with Crippen molar-refractivity contribution in [1.29, 1.82) is 0 Å². The van der Waals surface area contributed by atoms with Gasteiger partial charge in [-0.15, -0.1) is 11.3 Å². The molecule has 1 atom stereocenters. The molecule has 0 saturated carbocycles. The highest BCUT2D eigenvalue weighted by Gasteiger charge is 2.36. The number of rotatable bonds is 7. The van der Waals surface area contributed by atoms with Crippen LogP contribution in [0, 0.1) is 5.92 Å². The van der Waals surface area contributed by atoms with Crippen LogP contribution in [0.25, 0.3) is 0 Å². The van der Waals surface area contributed by atoms with Crippen LogP contribution in [0.15, 0.2) is 35.7 Å². The number of thiophene rings is 1. The van der Waals surface area contributed by atoms with E-state index in [1.165, 1.54) is 4.88 Å². The Morgan fingerprint density at radius 2 is 2.15 bits per heavy atom. The molecule has 1 aliphatic heterocycles. The number of nitrogens with zero attached hydrogens (tertiary/aromatic N) is 1. The predicted octanol–water partition coefficient (Wildman–Crippen LogP) is 2.48. The first-order valence-electron chi connectivity index (χ1n) is 8.45. The summed E-state index contributed by atoms with van der Waals surface area (Å²) in [5, 5.41) is 4.96. The zero-order chi connectivity index (χ0) is 18.5. The minimum Gasteiger partial charge on any atom is -0.497 e. The third-order valence-electron chi connectivity index (χ3n) is 4.42. The van der Waals surface area contributed by atoms with Crippen molar-refractivity contribution in [1.82, 2.24) is 5.32 Å². The molecule has 26 heavy (non-hydrogen) atoms. The number of carbonyl (C=O) groups is 2. The normalized spacial score (nSPS) is 16.6. The van der Waals surface area contributed by atoms with E-state index in [1.807, 2.05) is 17.5 Å². The number of benzene rings is 1. The van der Waals surface area contributed by atoms with Crippen molar-refractivity contribution in [2.24, 2.45) is 5.92 Å². The van der Waals surface area contributed by atoms with Gasteiger partial charge in [0.05, 0.1) is 25.8 Å². The molecule has 1 aromatic carbocycles. The number of methoxy groups -OCH3 is 2. The molecule has 0 bridgehead atoms.